The van der Waals surface area contributed by atoms with E-state index >= 15 is 0 Å². The SMILES string of the molecule is COc1ccc(OCC2CN(C(C)C)CCO2)c(CN)c1. The van der Waals surface area contributed by atoms with E-state index in [-0.39, 0.29) is 6.10 Å². The van der Waals surface area contributed by atoms with Crippen molar-refractivity contribution in [2.45, 2.75) is 32.5 Å². The predicted octanol–water partition coefficient (Wildman–Crippen LogP) is 1.64. The average Bonchev–Trinajstić information content (AvgIpc) is 2.53. The molecule has 0 aromatic heterocycles. The highest BCUT2D eigenvalue weighted by Gasteiger charge is 2.22. The van der Waals surface area contributed by atoms with Crippen molar-refractivity contribution in [1.82, 2.24) is 4.90 Å². The molecule has 0 saturated carbocycles. The minimum absolute atomic E-state index is 0.105. The minimum atomic E-state index is 0.105. The molecule has 0 spiro atoms. The highest BCUT2D eigenvalue weighted by molar-refractivity contribution is 5.40. The second-order valence-corrected chi connectivity index (χ2v) is 5.57. The summed E-state index contributed by atoms with van der Waals surface area (Å²) in [6.07, 6.45) is 0.105. The molecule has 1 unspecified atom stereocenters. The van der Waals surface area contributed by atoms with Crippen molar-refractivity contribution < 1.29 is 14.2 Å². The fraction of sp³-hybridized carbons (Fsp3) is 0.625. The standard InChI is InChI=1S/C16H26N2O3/c1-12(2)18-6-7-20-15(10-18)11-21-16-5-4-14(19-3)8-13(16)9-17/h4-5,8,12,15H,6-7,9-11,17H2,1-3H3. The summed E-state index contributed by atoms with van der Waals surface area (Å²) in [7, 11) is 1.65. The monoisotopic (exact) mass is 294 g/mol. The molecule has 1 aromatic rings. The van der Waals surface area contributed by atoms with Crippen LogP contribution in [0.25, 0.3) is 0 Å². The molecule has 0 bridgehead atoms. The number of morpholine rings is 1. The van der Waals surface area contributed by atoms with Crippen LogP contribution in [0.3, 0.4) is 0 Å². The van der Waals surface area contributed by atoms with Crippen molar-refractivity contribution in [3.05, 3.63) is 23.8 Å². The van der Waals surface area contributed by atoms with E-state index in [0.29, 0.717) is 19.2 Å². The molecule has 1 aliphatic rings. The lowest BCUT2D eigenvalue weighted by molar-refractivity contribution is -0.0565. The fourth-order valence-corrected chi connectivity index (χ4v) is 2.48. The Morgan fingerprint density at radius 2 is 2.24 bits per heavy atom. The lowest BCUT2D eigenvalue weighted by Gasteiger charge is -2.35. The highest BCUT2D eigenvalue weighted by atomic mass is 16.5. The Morgan fingerprint density at radius 1 is 1.43 bits per heavy atom. The Balaban J connectivity index is 1.93. The first-order chi connectivity index (χ1) is 10.1. The quantitative estimate of drug-likeness (QED) is 0.864. The smallest absolute Gasteiger partial charge is 0.124 e. The van der Waals surface area contributed by atoms with Gasteiger partial charge in [-0.15, -0.1) is 0 Å². The van der Waals surface area contributed by atoms with Gasteiger partial charge in [0.1, 0.15) is 24.2 Å². The number of ether oxygens (including phenoxy) is 3. The van der Waals surface area contributed by atoms with Gasteiger partial charge in [0.15, 0.2) is 0 Å². The Kier molecular flexibility index (Phi) is 5.85. The molecule has 1 atom stereocenters. The van der Waals surface area contributed by atoms with Crippen LogP contribution >= 0.6 is 0 Å². The maximum atomic E-state index is 5.91. The lowest BCUT2D eigenvalue weighted by Crippen LogP contribution is -2.47. The molecular formula is C16H26N2O3. The van der Waals surface area contributed by atoms with E-state index in [9.17, 15) is 0 Å². The van der Waals surface area contributed by atoms with E-state index < -0.39 is 0 Å². The summed E-state index contributed by atoms with van der Waals surface area (Å²) in [6.45, 7) is 8.05. The summed E-state index contributed by atoms with van der Waals surface area (Å²) >= 11 is 0. The van der Waals surface area contributed by atoms with Crippen LogP contribution in [0.1, 0.15) is 19.4 Å². The first kappa shape index (κ1) is 16.1. The number of rotatable bonds is 6. The average molecular weight is 294 g/mol. The van der Waals surface area contributed by atoms with Gasteiger partial charge in [-0.25, -0.2) is 0 Å². The van der Waals surface area contributed by atoms with Gasteiger partial charge < -0.3 is 19.9 Å². The molecule has 5 heteroatoms. The number of nitrogens with zero attached hydrogens (tertiary/aromatic N) is 1. The predicted molar refractivity (Wildman–Crippen MR) is 82.8 cm³/mol. The first-order valence-corrected chi connectivity index (χ1v) is 7.49. The summed E-state index contributed by atoms with van der Waals surface area (Å²) in [5, 5.41) is 0. The van der Waals surface area contributed by atoms with E-state index in [1.165, 1.54) is 0 Å². The zero-order chi connectivity index (χ0) is 15.2. The van der Waals surface area contributed by atoms with Crippen LogP contribution in [0.5, 0.6) is 11.5 Å². The van der Waals surface area contributed by atoms with Gasteiger partial charge in [0, 0.05) is 31.2 Å². The van der Waals surface area contributed by atoms with Crippen LogP contribution in [0, 0.1) is 0 Å². The van der Waals surface area contributed by atoms with Crippen LogP contribution in [0.15, 0.2) is 18.2 Å². The number of benzene rings is 1. The molecule has 0 aliphatic carbocycles. The second kappa shape index (κ2) is 7.64. The maximum absolute atomic E-state index is 5.91. The summed E-state index contributed by atoms with van der Waals surface area (Å²) in [6, 6.07) is 6.25. The zero-order valence-corrected chi connectivity index (χ0v) is 13.2. The lowest BCUT2D eigenvalue weighted by atomic mass is 10.2. The van der Waals surface area contributed by atoms with Gasteiger partial charge in [-0.2, -0.15) is 0 Å². The number of hydrogen-bond acceptors (Lipinski definition) is 5. The number of nitrogens with two attached hydrogens (primary N) is 1. The van der Waals surface area contributed by atoms with E-state index in [0.717, 1.165) is 36.8 Å². The highest BCUT2D eigenvalue weighted by Crippen LogP contribution is 2.24. The van der Waals surface area contributed by atoms with E-state index in [1.807, 2.05) is 18.2 Å². The minimum Gasteiger partial charge on any atom is -0.497 e. The van der Waals surface area contributed by atoms with Gasteiger partial charge in [-0.1, -0.05) is 0 Å². The van der Waals surface area contributed by atoms with Crippen molar-refractivity contribution in [1.29, 1.82) is 0 Å². The third-order valence-corrected chi connectivity index (χ3v) is 3.81. The maximum Gasteiger partial charge on any atom is 0.124 e. The van der Waals surface area contributed by atoms with Crippen LogP contribution in [-0.2, 0) is 11.3 Å². The molecule has 21 heavy (non-hydrogen) atoms. The van der Waals surface area contributed by atoms with Crippen molar-refractivity contribution >= 4 is 0 Å². The van der Waals surface area contributed by atoms with Crippen LogP contribution < -0.4 is 15.2 Å². The summed E-state index contributed by atoms with van der Waals surface area (Å²) < 4.78 is 16.9. The molecule has 0 amide bonds. The fourth-order valence-electron chi connectivity index (χ4n) is 2.48. The van der Waals surface area contributed by atoms with Crippen LogP contribution in [0.4, 0.5) is 0 Å². The van der Waals surface area contributed by atoms with E-state index in [2.05, 4.69) is 18.7 Å². The molecule has 0 radical (unpaired) electrons. The molecule has 1 saturated heterocycles. The largest absolute Gasteiger partial charge is 0.497 e. The summed E-state index contributed by atoms with van der Waals surface area (Å²) in [5.74, 6) is 1.60. The zero-order valence-electron chi connectivity index (χ0n) is 13.2. The third-order valence-electron chi connectivity index (χ3n) is 3.81. The molecule has 5 nitrogen and oxygen atoms in total. The molecule has 2 rings (SSSR count). The Labute approximate surface area is 127 Å². The van der Waals surface area contributed by atoms with Gasteiger partial charge in [0.25, 0.3) is 0 Å². The molecule has 2 N–H and O–H groups in total. The molecule has 1 heterocycles. The van der Waals surface area contributed by atoms with Gasteiger partial charge in [0.2, 0.25) is 0 Å². The van der Waals surface area contributed by atoms with Crippen LogP contribution in [-0.4, -0.2) is 50.5 Å². The van der Waals surface area contributed by atoms with Crippen molar-refractivity contribution in [3.8, 4) is 11.5 Å². The Bertz CT molecular complexity index is 451. The summed E-state index contributed by atoms with van der Waals surface area (Å²) in [5.41, 5.74) is 6.72. The molecule has 1 aliphatic heterocycles. The number of hydrogen-bond donors (Lipinski definition) is 1. The van der Waals surface area contributed by atoms with Crippen LogP contribution in [0.2, 0.25) is 0 Å². The van der Waals surface area contributed by atoms with Gasteiger partial charge >= 0.3 is 0 Å². The van der Waals surface area contributed by atoms with Gasteiger partial charge in [0.05, 0.1) is 13.7 Å². The summed E-state index contributed by atoms with van der Waals surface area (Å²) in [4.78, 5) is 2.41. The Hall–Kier alpha value is -1.30. The number of methoxy groups -OCH3 is 1. The normalized spacial score (nSPS) is 19.8. The molecular weight excluding hydrogens is 268 g/mol. The van der Waals surface area contributed by atoms with Crippen molar-refractivity contribution in [3.63, 3.8) is 0 Å². The van der Waals surface area contributed by atoms with Crippen molar-refractivity contribution in [2.24, 2.45) is 5.73 Å². The molecule has 1 fully saturated rings. The van der Waals surface area contributed by atoms with Crippen molar-refractivity contribution in [2.75, 3.05) is 33.4 Å². The second-order valence-electron chi connectivity index (χ2n) is 5.57. The molecule has 1 aromatic carbocycles. The van der Waals surface area contributed by atoms with Gasteiger partial charge in [-0.05, 0) is 32.0 Å². The van der Waals surface area contributed by atoms with E-state index in [4.69, 9.17) is 19.9 Å². The molecule has 118 valence electrons. The first-order valence-electron chi connectivity index (χ1n) is 7.49. The van der Waals surface area contributed by atoms with Gasteiger partial charge in [-0.3, -0.25) is 4.90 Å². The Morgan fingerprint density at radius 3 is 2.90 bits per heavy atom. The third kappa shape index (κ3) is 4.33. The topological polar surface area (TPSA) is 57.0 Å². The van der Waals surface area contributed by atoms with E-state index in [1.54, 1.807) is 7.11 Å².